The molecular weight excluding hydrogens is 478 g/mol. The van der Waals surface area contributed by atoms with Gasteiger partial charge in [0.15, 0.2) is 0 Å². The summed E-state index contributed by atoms with van der Waals surface area (Å²) in [6, 6.07) is 3.67. The molecule has 0 aromatic carbocycles. The van der Waals surface area contributed by atoms with Crippen LogP contribution in [-0.2, 0) is 10.0 Å². The number of hydrogen-bond donors (Lipinski definition) is 1. The van der Waals surface area contributed by atoms with Crippen molar-refractivity contribution < 1.29 is 8.42 Å². The molecule has 0 spiro atoms. The molecule has 4 heterocycles. The van der Waals surface area contributed by atoms with E-state index in [-0.39, 0.29) is 17.6 Å². The average Bonchev–Trinajstić information content (AvgIpc) is 3.40. The first kappa shape index (κ1) is 25.3. The number of nitrogens with zero attached hydrogens (tertiary/aromatic N) is 6. The largest absolute Gasteiger partial charge is 0.351 e. The van der Waals surface area contributed by atoms with Gasteiger partial charge >= 0.3 is 0 Å². The Balaban J connectivity index is 1.18. The Morgan fingerprint density at radius 1 is 1.03 bits per heavy atom. The SMILES string of the molecule is CN1CCN(C/C=C/S(=O)(=O)N2CCC(Nc3ncc4ccc(=O)n(C5CCCC5)c4n3)CC2)CC1. The van der Waals surface area contributed by atoms with Crippen LogP contribution in [0.1, 0.15) is 44.6 Å². The summed E-state index contributed by atoms with van der Waals surface area (Å²) in [4.78, 5) is 26.4. The molecule has 1 saturated carbocycles. The van der Waals surface area contributed by atoms with Gasteiger partial charge in [0.2, 0.25) is 16.0 Å². The van der Waals surface area contributed by atoms with Crippen molar-refractivity contribution in [3.8, 4) is 0 Å². The number of piperidine rings is 1. The first-order valence-electron chi connectivity index (χ1n) is 13.1. The Bertz CT molecular complexity index is 1240. The molecule has 5 rings (SSSR count). The molecule has 2 aromatic heterocycles. The molecular formula is C25H37N7O3S. The van der Waals surface area contributed by atoms with Crippen molar-refractivity contribution in [1.82, 2.24) is 28.6 Å². The lowest BCUT2D eigenvalue weighted by molar-refractivity contribution is 0.166. The van der Waals surface area contributed by atoms with Gasteiger partial charge in [-0.3, -0.25) is 14.3 Å². The fourth-order valence-corrected chi connectivity index (χ4v) is 6.71. The second-order valence-corrected chi connectivity index (χ2v) is 12.1. The summed E-state index contributed by atoms with van der Waals surface area (Å²) in [6.45, 7) is 5.53. The van der Waals surface area contributed by atoms with Gasteiger partial charge in [-0.1, -0.05) is 18.9 Å². The van der Waals surface area contributed by atoms with Crippen molar-refractivity contribution in [3.63, 3.8) is 0 Å². The molecule has 11 heteroatoms. The summed E-state index contributed by atoms with van der Waals surface area (Å²) < 4.78 is 29.0. The first-order chi connectivity index (χ1) is 17.4. The molecule has 196 valence electrons. The smallest absolute Gasteiger partial charge is 0.252 e. The summed E-state index contributed by atoms with van der Waals surface area (Å²) in [5.41, 5.74) is 0.663. The van der Waals surface area contributed by atoms with Crippen molar-refractivity contribution in [3.05, 3.63) is 40.2 Å². The van der Waals surface area contributed by atoms with Crippen LogP contribution in [0.25, 0.3) is 11.0 Å². The lowest BCUT2D eigenvalue weighted by Gasteiger charge is -2.32. The predicted molar refractivity (Wildman–Crippen MR) is 142 cm³/mol. The average molecular weight is 516 g/mol. The zero-order valence-electron chi connectivity index (χ0n) is 21.1. The van der Waals surface area contributed by atoms with Crippen LogP contribution < -0.4 is 10.9 Å². The summed E-state index contributed by atoms with van der Waals surface area (Å²) in [5, 5.41) is 5.61. The molecule has 3 fully saturated rings. The fraction of sp³-hybridized carbons (Fsp3) is 0.640. The number of aromatic nitrogens is 3. The highest BCUT2D eigenvalue weighted by molar-refractivity contribution is 7.92. The number of pyridine rings is 1. The molecule has 0 unspecified atom stereocenters. The van der Waals surface area contributed by atoms with Crippen LogP contribution >= 0.6 is 0 Å². The van der Waals surface area contributed by atoms with Crippen LogP contribution in [0.4, 0.5) is 5.95 Å². The maximum absolute atomic E-state index is 12.8. The monoisotopic (exact) mass is 515 g/mol. The van der Waals surface area contributed by atoms with Crippen molar-refractivity contribution in [2.75, 3.05) is 58.2 Å². The Labute approximate surface area is 213 Å². The van der Waals surface area contributed by atoms with Gasteiger partial charge < -0.3 is 10.2 Å². The summed E-state index contributed by atoms with van der Waals surface area (Å²) in [7, 11) is -1.31. The quantitative estimate of drug-likeness (QED) is 0.596. The Hall–Kier alpha value is -2.34. The number of hydrogen-bond acceptors (Lipinski definition) is 8. The van der Waals surface area contributed by atoms with Gasteiger partial charge in [0.25, 0.3) is 5.56 Å². The van der Waals surface area contributed by atoms with E-state index in [4.69, 9.17) is 4.98 Å². The number of nitrogens with one attached hydrogen (secondary N) is 1. The minimum absolute atomic E-state index is 0.0155. The molecule has 0 bridgehead atoms. The van der Waals surface area contributed by atoms with E-state index in [9.17, 15) is 13.2 Å². The maximum atomic E-state index is 12.8. The Morgan fingerprint density at radius 3 is 2.47 bits per heavy atom. The van der Waals surface area contributed by atoms with Gasteiger partial charge in [-0.25, -0.2) is 13.4 Å². The minimum Gasteiger partial charge on any atom is -0.351 e. The highest BCUT2D eigenvalue weighted by atomic mass is 32.2. The number of rotatable bonds is 7. The van der Waals surface area contributed by atoms with E-state index < -0.39 is 10.0 Å². The molecule has 2 aromatic rings. The maximum Gasteiger partial charge on any atom is 0.252 e. The van der Waals surface area contributed by atoms with Crippen molar-refractivity contribution in [2.24, 2.45) is 0 Å². The molecule has 10 nitrogen and oxygen atoms in total. The standard InChI is InChI=1S/C25H37N7O3S/c1-29-14-16-30(17-15-29)11-4-18-36(34,35)31-12-9-21(10-13-31)27-25-26-19-20-7-8-23(33)32(24(20)28-25)22-5-2-3-6-22/h4,7-8,18-19,21-22H,2-3,5-6,9-17H2,1H3,(H,26,27,28)/b18-4+. The normalized spacial score (nSPS) is 22.1. The Morgan fingerprint density at radius 2 is 1.75 bits per heavy atom. The van der Waals surface area contributed by atoms with Crippen LogP contribution in [0.15, 0.2) is 34.6 Å². The van der Waals surface area contributed by atoms with E-state index in [1.54, 1.807) is 28.7 Å². The van der Waals surface area contributed by atoms with Gasteiger partial charge in [-0.15, -0.1) is 0 Å². The topological polar surface area (TPSA) is 104 Å². The number of piperazine rings is 1. The second-order valence-electron chi connectivity index (χ2n) is 10.3. The van der Waals surface area contributed by atoms with E-state index in [0.29, 0.717) is 44.1 Å². The molecule has 0 amide bonds. The highest BCUT2D eigenvalue weighted by Gasteiger charge is 2.27. The molecule has 36 heavy (non-hydrogen) atoms. The van der Waals surface area contributed by atoms with Gasteiger partial charge in [-0.2, -0.15) is 9.29 Å². The molecule has 2 aliphatic heterocycles. The molecule has 1 aliphatic carbocycles. The lowest BCUT2D eigenvalue weighted by Crippen LogP contribution is -2.44. The minimum atomic E-state index is -3.42. The van der Waals surface area contributed by atoms with Crippen LogP contribution in [0.2, 0.25) is 0 Å². The number of sulfonamides is 1. The van der Waals surface area contributed by atoms with Crippen LogP contribution in [0, 0.1) is 0 Å². The van der Waals surface area contributed by atoms with E-state index in [2.05, 4.69) is 27.1 Å². The third-order valence-electron chi connectivity index (χ3n) is 7.73. The van der Waals surface area contributed by atoms with E-state index >= 15 is 0 Å². The predicted octanol–water partition coefficient (Wildman–Crippen LogP) is 1.87. The van der Waals surface area contributed by atoms with Gasteiger partial charge in [0.1, 0.15) is 5.65 Å². The highest BCUT2D eigenvalue weighted by Crippen LogP contribution is 2.30. The number of likely N-dealkylation sites (N-methyl/N-ethyl adjacent to an activating group) is 1. The summed E-state index contributed by atoms with van der Waals surface area (Å²) in [5.74, 6) is 0.494. The van der Waals surface area contributed by atoms with E-state index in [1.165, 1.54) is 5.41 Å². The third-order valence-corrected chi connectivity index (χ3v) is 9.35. The zero-order valence-corrected chi connectivity index (χ0v) is 21.9. The van der Waals surface area contributed by atoms with Crippen molar-refractivity contribution >= 4 is 27.0 Å². The Kier molecular flexibility index (Phi) is 7.71. The van der Waals surface area contributed by atoms with E-state index in [1.807, 2.05) is 4.57 Å². The molecule has 2 saturated heterocycles. The van der Waals surface area contributed by atoms with Gasteiger partial charge in [0.05, 0.1) is 0 Å². The van der Waals surface area contributed by atoms with Crippen molar-refractivity contribution in [1.29, 1.82) is 0 Å². The lowest BCUT2D eigenvalue weighted by atomic mass is 10.1. The number of fused-ring (bicyclic) bond motifs is 1. The summed E-state index contributed by atoms with van der Waals surface area (Å²) in [6.07, 6.45) is 9.17. The zero-order chi connectivity index (χ0) is 25.1. The molecule has 0 radical (unpaired) electrons. The van der Waals surface area contributed by atoms with Crippen molar-refractivity contribution in [2.45, 2.75) is 50.6 Å². The van der Waals surface area contributed by atoms with Crippen LogP contribution in [0.3, 0.4) is 0 Å². The molecule has 0 atom stereocenters. The number of anilines is 1. The molecule has 3 aliphatic rings. The van der Waals surface area contributed by atoms with Gasteiger partial charge in [-0.05, 0) is 38.8 Å². The fourth-order valence-electron chi connectivity index (χ4n) is 5.49. The second kappa shape index (κ2) is 11.0. The third kappa shape index (κ3) is 5.80. The van der Waals surface area contributed by atoms with E-state index in [0.717, 1.165) is 57.2 Å². The van der Waals surface area contributed by atoms with Crippen LogP contribution in [0.5, 0.6) is 0 Å². The van der Waals surface area contributed by atoms with Crippen LogP contribution in [-0.4, -0.2) is 96.0 Å². The first-order valence-corrected chi connectivity index (χ1v) is 14.6. The molecule has 1 N–H and O–H groups in total. The summed E-state index contributed by atoms with van der Waals surface area (Å²) >= 11 is 0. The van der Waals surface area contributed by atoms with Gasteiger partial charge in [0, 0.05) is 81.0 Å².